The molecule has 2 heterocycles. The normalized spacial score (nSPS) is 21.7. The Morgan fingerprint density at radius 1 is 0.938 bits per heavy atom. The van der Waals surface area contributed by atoms with Gasteiger partial charge in [0.25, 0.3) is 0 Å². The zero-order valence-corrected chi connectivity index (χ0v) is 23.8. The molecule has 32 heavy (non-hydrogen) atoms. The Bertz CT molecular complexity index is 1370. The van der Waals surface area contributed by atoms with E-state index in [1.165, 1.54) is 26.8 Å². The van der Waals surface area contributed by atoms with E-state index in [0.717, 1.165) is 0 Å². The lowest BCUT2D eigenvalue weighted by molar-refractivity contribution is 0.828. The number of benzene rings is 1. The summed E-state index contributed by atoms with van der Waals surface area (Å²) >= 11 is 2.03. The van der Waals surface area contributed by atoms with Gasteiger partial charge >= 0.3 is 0 Å². The van der Waals surface area contributed by atoms with Gasteiger partial charge in [0.2, 0.25) is 0 Å². The van der Waals surface area contributed by atoms with Gasteiger partial charge in [-0.25, -0.2) is 0 Å². The van der Waals surface area contributed by atoms with Crippen molar-refractivity contribution in [3.63, 3.8) is 0 Å². The summed E-state index contributed by atoms with van der Waals surface area (Å²) in [5.41, 5.74) is 9.28. The predicted octanol–water partition coefficient (Wildman–Crippen LogP) is 7.16. The SMILES string of the molecule is CC1=Cc2c(C(C)C)cc(C(C)C)cc2C1S1=C2C(=c3cc(C)sc3=C2[SiH](C)C)C=C1C. The molecule has 3 heteroatoms. The minimum absolute atomic E-state index is 0.128. The van der Waals surface area contributed by atoms with Crippen LogP contribution < -0.4 is 9.75 Å². The van der Waals surface area contributed by atoms with E-state index in [2.05, 4.69) is 91.9 Å². The number of rotatable bonds is 4. The fourth-order valence-corrected chi connectivity index (χ4v) is 12.9. The highest BCUT2D eigenvalue weighted by Crippen LogP contribution is 2.57. The zero-order valence-electron chi connectivity index (χ0n) is 21.0. The lowest BCUT2D eigenvalue weighted by Crippen LogP contribution is -2.22. The Hall–Kier alpha value is -1.42. The summed E-state index contributed by atoms with van der Waals surface area (Å²) in [7, 11) is -0.837. The number of aryl methyl sites for hydroxylation is 1. The first-order valence-electron chi connectivity index (χ1n) is 12.1. The Labute approximate surface area is 202 Å². The van der Waals surface area contributed by atoms with Gasteiger partial charge in [0, 0.05) is 19.5 Å². The van der Waals surface area contributed by atoms with E-state index in [0.29, 0.717) is 17.1 Å². The molecule has 1 aromatic heterocycles. The molecule has 0 saturated heterocycles. The minimum atomic E-state index is -0.965. The van der Waals surface area contributed by atoms with E-state index >= 15 is 0 Å². The standard InChI is InChI=1S/C29H36S2Si/c1-15(2)20-13-21(16(3)4)22-10-17(5)27(25(22)14-20)31-19(7)12-24-23-11-18(6)30-26(23)29(28(24)31)32(8)9/h10-16,27,32H,1-9H3. The van der Waals surface area contributed by atoms with Crippen LogP contribution in [0.25, 0.3) is 16.8 Å². The van der Waals surface area contributed by atoms with Crippen LogP contribution in [-0.2, 0) is 0 Å². The van der Waals surface area contributed by atoms with Crippen LogP contribution in [0.1, 0.15) is 85.8 Å². The van der Waals surface area contributed by atoms with Crippen molar-refractivity contribution in [2.75, 3.05) is 0 Å². The molecule has 1 aromatic carbocycles. The molecule has 2 aromatic rings. The number of hydrogen-bond acceptors (Lipinski definition) is 1. The first kappa shape index (κ1) is 22.4. The molecular weight excluding hydrogens is 441 g/mol. The minimum Gasteiger partial charge on any atom is -0.141 e. The van der Waals surface area contributed by atoms with Gasteiger partial charge in [-0.2, -0.15) is 0 Å². The molecule has 0 amide bonds. The van der Waals surface area contributed by atoms with Crippen LogP contribution in [0.3, 0.4) is 0 Å². The smallest absolute Gasteiger partial charge is 0.0681 e. The van der Waals surface area contributed by atoms with Crippen molar-refractivity contribution < 1.29 is 0 Å². The second-order valence-corrected chi connectivity index (χ2v) is 17.0. The molecule has 168 valence electrons. The van der Waals surface area contributed by atoms with Crippen LogP contribution in [0, 0.1) is 6.92 Å². The highest BCUT2D eigenvalue weighted by atomic mass is 32.2. The summed E-state index contributed by atoms with van der Waals surface area (Å²) in [5.74, 6) is 1.11. The topological polar surface area (TPSA) is 0 Å². The molecule has 2 unspecified atom stereocenters. The van der Waals surface area contributed by atoms with Gasteiger partial charge in [-0.3, -0.25) is 0 Å². The van der Waals surface area contributed by atoms with Crippen molar-refractivity contribution in [1.29, 1.82) is 0 Å². The maximum absolute atomic E-state index is 2.56. The van der Waals surface area contributed by atoms with E-state index < -0.39 is 8.80 Å². The lowest BCUT2D eigenvalue weighted by Gasteiger charge is -2.25. The Morgan fingerprint density at radius 3 is 2.28 bits per heavy atom. The van der Waals surface area contributed by atoms with Crippen LogP contribution in [0.2, 0.25) is 13.1 Å². The highest BCUT2D eigenvalue weighted by molar-refractivity contribution is 8.21. The molecule has 0 fully saturated rings. The molecular formula is C29H36S2Si. The van der Waals surface area contributed by atoms with Crippen LogP contribution in [0.15, 0.2) is 34.8 Å². The van der Waals surface area contributed by atoms with Gasteiger partial charge in [0.15, 0.2) is 0 Å². The quantitative estimate of drug-likeness (QED) is 0.324. The van der Waals surface area contributed by atoms with Gasteiger partial charge in [-0.05, 0) is 82.7 Å². The van der Waals surface area contributed by atoms with Crippen LogP contribution >= 0.6 is 21.8 Å². The average Bonchev–Trinajstić information content (AvgIpc) is 3.39. The molecule has 2 aliphatic carbocycles. The second-order valence-electron chi connectivity index (χ2n) is 10.7. The van der Waals surface area contributed by atoms with Crippen LogP contribution in [-0.4, -0.2) is 13.7 Å². The number of fused-ring (bicyclic) bond motifs is 3. The Morgan fingerprint density at radius 2 is 1.66 bits per heavy atom. The maximum Gasteiger partial charge on any atom is 0.0681 e. The molecule has 0 spiro atoms. The second kappa shape index (κ2) is 7.82. The summed E-state index contributed by atoms with van der Waals surface area (Å²) in [6.45, 7) is 21.5. The average molecular weight is 477 g/mol. The van der Waals surface area contributed by atoms with Crippen molar-refractivity contribution >= 4 is 52.3 Å². The molecule has 3 aliphatic rings. The van der Waals surface area contributed by atoms with E-state index in [9.17, 15) is 0 Å². The molecule has 0 nitrogen and oxygen atoms in total. The highest BCUT2D eigenvalue weighted by Gasteiger charge is 2.37. The number of thiophene rings is 1. The summed E-state index contributed by atoms with van der Waals surface area (Å²) in [6.07, 6.45) is 5.08. The first-order chi connectivity index (χ1) is 15.1. The van der Waals surface area contributed by atoms with Crippen LogP contribution in [0.5, 0.6) is 0 Å². The van der Waals surface area contributed by atoms with E-state index in [-0.39, 0.29) is 10.5 Å². The van der Waals surface area contributed by atoms with Crippen molar-refractivity contribution in [3.05, 3.63) is 71.6 Å². The molecule has 0 bridgehead atoms. The maximum atomic E-state index is 2.56. The van der Waals surface area contributed by atoms with E-state index in [1.54, 1.807) is 36.2 Å². The molecule has 0 N–H and O–H groups in total. The Kier molecular flexibility index (Phi) is 5.47. The molecule has 5 rings (SSSR count). The third-order valence-electron chi connectivity index (χ3n) is 7.23. The third kappa shape index (κ3) is 3.19. The van der Waals surface area contributed by atoms with Crippen LogP contribution in [0.4, 0.5) is 0 Å². The molecule has 2 atom stereocenters. The zero-order chi connectivity index (χ0) is 23.1. The van der Waals surface area contributed by atoms with Crippen molar-refractivity contribution in [1.82, 2.24) is 0 Å². The van der Waals surface area contributed by atoms with E-state index in [4.69, 9.17) is 0 Å². The fraction of sp³-hybridized carbons (Fsp3) is 0.414. The van der Waals surface area contributed by atoms with Gasteiger partial charge in [0.1, 0.15) is 0 Å². The summed E-state index contributed by atoms with van der Waals surface area (Å²) in [6, 6.07) is 7.50. The molecule has 0 radical (unpaired) electrons. The third-order valence-corrected chi connectivity index (χ3v) is 13.3. The van der Waals surface area contributed by atoms with Gasteiger partial charge in [-0.1, -0.05) is 64.6 Å². The Balaban J connectivity index is 1.81. The summed E-state index contributed by atoms with van der Waals surface area (Å²) in [5, 5.41) is 3.80. The van der Waals surface area contributed by atoms with Gasteiger partial charge < -0.3 is 0 Å². The fourth-order valence-electron chi connectivity index (χ4n) is 5.70. The lowest BCUT2D eigenvalue weighted by atomic mass is 9.89. The van der Waals surface area contributed by atoms with Crippen molar-refractivity contribution in [2.45, 2.75) is 78.6 Å². The van der Waals surface area contributed by atoms with Gasteiger partial charge in [-0.15, -0.1) is 21.8 Å². The summed E-state index contributed by atoms with van der Waals surface area (Å²) in [4.78, 5) is 4.76. The predicted molar refractivity (Wildman–Crippen MR) is 151 cm³/mol. The van der Waals surface area contributed by atoms with Crippen molar-refractivity contribution in [3.8, 4) is 0 Å². The molecule has 0 saturated carbocycles. The van der Waals surface area contributed by atoms with E-state index in [1.807, 2.05) is 11.3 Å². The largest absolute Gasteiger partial charge is 0.141 e. The first-order valence-corrected chi connectivity index (χ1v) is 17.1. The number of hydrogen-bond donors (Lipinski definition) is 0. The van der Waals surface area contributed by atoms with Crippen molar-refractivity contribution in [2.24, 2.45) is 0 Å². The summed E-state index contributed by atoms with van der Waals surface area (Å²) < 4.78 is 1.61. The monoisotopic (exact) mass is 476 g/mol. The molecule has 1 aliphatic heterocycles. The number of allylic oxidation sites excluding steroid dienone is 2. The van der Waals surface area contributed by atoms with Gasteiger partial charge in [0.05, 0.1) is 14.0 Å².